The van der Waals surface area contributed by atoms with Crippen molar-refractivity contribution in [3.05, 3.63) is 51.0 Å². The van der Waals surface area contributed by atoms with Gasteiger partial charge in [-0.3, -0.25) is 4.79 Å². The van der Waals surface area contributed by atoms with E-state index in [1.165, 1.54) is 13.0 Å². The number of rotatable bonds is 10. The lowest BCUT2D eigenvalue weighted by Crippen LogP contribution is -2.43. The quantitative estimate of drug-likeness (QED) is 0.441. The van der Waals surface area contributed by atoms with E-state index >= 15 is 0 Å². The summed E-state index contributed by atoms with van der Waals surface area (Å²) in [6.07, 6.45) is 4.35. The maximum Gasteiger partial charge on any atom is 0.333 e. The molecule has 0 heterocycles. The predicted octanol–water partition coefficient (Wildman–Crippen LogP) is 4.67. The second-order valence-corrected chi connectivity index (χ2v) is 8.20. The summed E-state index contributed by atoms with van der Waals surface area (Å²) in [7, 11) is 0. The summed E-state index contributed by atoms with van der Waals surface area (Å²) < 4.78 is 5.68. The van der Waals surface area contributed by atoms with Crippen molar-refractivity contribution in [2.24, 2.45) is 11.3 Å². The average molecular weight is 457 g/mol. The van der Waals surface area contributed by atoms with E-state index in [1.807, 2.05) is 0 Å². The number of unbranched alkanes of at least 4 members (excludes halogenated alkanes) is 2. The molecule has 0 fully saturated rings. The zero-order valence-electron chi connectivity index (χ0n) is 17.0. The molecule has 1 aliphatic rings. The Morgan fingerprint density at radius 2 is 1.90 bits per heavy atom. The van der Waals surface area contributed by atoms with E-state index in [0.717, 1.165) is 19.3 Å². The molecule has 2 rings (SSSR count). The smallest absolute Gasteiger partial charge is 0.333 e. The lowest BCUT2D eigenvalue weighted by atomic mass is 9.65. The van der Waals surface area contributed by atoms with Crippen LogP contribution in [-0.2, 0) is 16.0 Å². The molecule has 0 aromatic heterocycles. The molecule has 0 radical (unpaired) electrons. The molecule has 0 spiro atoms. The molecule has 8 heteroatoms. The van der Waals surface area contributed by atoms with E-state index in [-0.39, 0.29) is 22.6 Å². The van der Waals surface area contributed by atoms with Crippen LogP contribution in [0.3, 0.4) is 0 Å². The van der Waals surface area contributed by atoms with Crippen LogP contribution in [0.5, 0.6) is 5.75 Å². The van der Waals surface area contributed by atoms with E-state index in [9.17, 15) is 24.9 Å². The Kier molecular flexibility index (Phi) is 8.35. The number of carboxylic acids is 2. The molecule has 0 saturated carbocycles. The first kappa shape index (κ1) is 24.3. The number of hydrogen-bond acceptors (Lipinski definition) is 4. The standard InChI is InChI=1S/C22H26Cl2O6/c1-3-4-5-8-30-16-7-6-14(17(23)9-16)10-22(21(28)29)11-15(12-25)19(24)18(13(22)2)20(26)27/h6-7,9,11,13,25H,3-5,8,10,12H2,1-2H3,(H,26,27)(H,28,29). The van der Waals surface area contributed by atoms with Crippen LogP contribution in [0.25, 0.3) is 0 Å². The highest BCUT2D eigenvalue weighted by Gasteiger charge is 2.49. The Labute approximate surface area is 185 Å². The van der Waals surface area contributed by atoms with Gasteiger partial charge in [0.2, 0.25) is 0 Å². The molecule has 30 heavy (non-hydrogen) atoms. The van der Waals surface area contributed by atoms with E-state index in [1.54, 1.807) is 18.2 Å². The molecule has 0 amide bonds. The van der Waals surface area contributed by atoms with Crippen molar-refractivity contribution in [2.75, 3.05) is 13.2 Å². The minimum absolute atomic E-state index is 0.0666. The number of ether oxygens (including phenoxy) is 1. The molecule has 3 N–H and O–H groups in total. The third-order valence-electron chi connectivity index (χ3n) is 5.48. The zero-order chi connectivity index (χ0) is 22.5. The van der Waals surface area contributed by atoms with Crippen molar-refractivity contribution >= 4 is 35.1 Å². The Bertz CT molecular complexity index is 876. The fourth-order valence-corrected chi connectivity index (χ4v) is 4.26. The number of carboxylic acid groups (broad SMARTS) is 2. The zero-order valence-corrected chi connectivity index (χ0v) is 18.5. The molecule has 164 valence electrons. The maximum absolute atomic E-state index is 12.4. The van der Waals surface area contributed by atoms with Crippen LogP contribution >= 0.6 is 23.2 Å². The van der Waals surface area contributed by atoms with E-state index in [4.69, 9.17) is 27.9 Å². The largest absolute Gasteiger partial charge is 0.494 e. The van der Waals surface area contributed by atoms with E-state index in [2.05, 4.69) is 6.92 Å². The highest BCUT2D eigenvalue weighted by Crippen LogP contribution is 2.47. The van der Waals surface area contributed by atoms with Crippen LogP contribution in [-0.4, -0.2) is 40.5 Å². The van der Waals surface area contributed by atoms with Crippen LogP contribution < -0.4 is 4.74 Å². The predicted molar refractivity (Wildman–Crippen MR) is 115 cm³/mol. The summed E-state index contributed by atoms with van der Waals surface area (Å²) in [4.78, 5) is 24.1. The van der Waals surface area contributed by atoms with Gasteiger partial charge < -0.3 is 20.1 Å². The number of benzene rings is 1. The molecule has 0 saturated heterocycles. The minimum Gasteiger partial charge on any atom is -0.494 e. The lowest BCUT2D eigenvalue weighted by molar-refractivity contribution is -0.148. The first-order valence-corrected chi connectivity index (χ1v) is 10.5. The molecule has 1 aromatic rings. The Balaban J connectivity index is 2.39. The van der Waals surface area contributed by atoms with Gasteiger partial charge in [0.05, 0.1) is 29.2 Å². The van der Waals surface area contributed by atoms with Crippen molar-refractivity contribution in [1.29, 1.82) is 0 Å². The minimum atomic E-state index is -1.63. The summed E-state index contributed by atoms with van der Waals surface area (Å²) in [5.41, 5.74) is -1.26. The first-order valence-electron chi connectivity index (χ1n) is 9.78. The molecule has 1 aromatic carbocycles. The van der Waals surface area contributed by atoms with Crippen LogP contribution in [0.15, 0.2) is 40.5 Å². The Morgan fingerprint density at radius 1 is 1.20 bits per heavy atom. The molecular weight excluding hydrogens is 431 g/mol. The number of carbonyl (C=O) groups is 2. The van der Waals surface area contributed by atoms with Gasteiger partial charge in [-0.25, -0.2) is 4.79 Å². The van der Waals surface area contributed by atoms with Crippen LogP contribution in [0.4, 0.5) is 0 Å². The summed E-state index contributed by atoms with van der Waals surface area (Å²) in [5, 5.41) is 29.5. The molecule has 6 nitrogen and oxygen atoms in total. The number of halogens is 2. The summed E-state index contributed by atoms with van der Waals surface area (Å²) in [6.45, 7) is 3.60. The fourth-order valence-electron chi connectivity index (χ4n) is 3.66. The van der Waals surface area contributed by atoms with Gasteiger partial charge in [-0.1, -0.05) is 62.0 Å². The topological polar surface area (TPSA) is 104 Å². The molecule has 0 aliphatic heterocycles. The normalized spacial score (nSPS) is 21.4. The third-order valence-corrected chi connectivity index (χ3v) is 6.28. The third kappa shape index (κ3) is 4.99. The number of hydrogen-bond donors (Lipinski definition) is 3. The summed E-state index contributed by atoms with van der Waals surface area (Å²) in [6, 6.07) is 5.03. The molecule has 0 bridgehead atoms. The second-order valence-electron chi connectivity index (χ2n) is 7.41. The van der Waals surface area contributed by atoms with Crippen molar-refractivity contribution in [2.45, 2.75) is 39.5 Å². The number of aliphatic carboxylic acids is 2. The number of aliphatic hydroxyl groups is 1. The van der Waals surface area contributed by atoms with Crippen molar-refractivity contribution in [3.63, 3.8) is 0 Å². The molecule has 1 aliphatic carbocycles. The second kappa shape index (κ2) is 10.3. The van der Waals surface area contributed by atoms with Crippen molar-refractivity contribution in [3.8, 4) is 5.75 Å². The SMILES string of the molecule is CCCCCOc1ccc(CC2(C(=O)O)C=C(CO)C(Cl)=C(C(=O)O)C2C)c(Cl)c1. The van der Waals surface area contributed by atoms with E-state index < -0.39 is 29.9 Å². The fraction of sp³-hybridized carbons (Fsp3) is 0.455. The Morgan fingerprint density at radius 3 is 2.43 bits per heavy atom. The van der Waals surface area contributed by atoms with Crippen LogP contribution in [0.2, 0.25) is 5.02 Å². The number of aliphatic hydroxyl groups excluding tert-OH is 1. The molecule has 2 unspecified atom stereocenters. The summed E-state index contributed by atoms with van der Waals surface area (Å²) in [5.74, 6) is -2.91. The van der Waals surface area contributed by atoms with Gasteiger partial charge in [-0.2, -0.15) is 0 Å². The first-order chi connectivity index (χ1) is 14.2. The van der Waals surface area contributed by atoms with Gasteiger partial charge in [-0.05, 0) is 36.1 Å². The molecule has 2 atom stereocenters. The van der Waals surface area contributed by atoms with Gasteiger partial charge in [0.15, 0.2) is 0 Å². The Hall–Kier alpha value is -2.02. The summed E-state index contributed by atoms with van der Waals surface area (Å²) >= 11 is 12.5. The maximum atomic E-state index is 12.4. The van der Waals surface area contributed by atoms with Crippen LogP contribution in [0.1, 0.15) is 38.7 Å². The van der Waals surface area contributed by atoms with Crippen molar-refractivity contribution in [1.82, 2.24) is 0 Å². The van der Waals surface area contributed by atoms with Gasteiger partial charge >= 0.3 is 11.9 Å². The van der Waals surface area contributed by atoms with Crippen LogP contribution in [0, 0.1) is 11.3 Å². The highest BCUT2D eigenvalue weighted by atomic mass is 35.5. The van der Waals surface area contributed by atoms with Gasteiger partial charge in [-0.15, -0.1) is 0 Å². The average Bonchev–Trinajstić information content (AvgIpc) is 2.68. The van der Waals surface area contributed by atoms with Crippen molar-refractivity contribution < 1.29 is 29.6 Å². The highest BCUT2D eigenvalue weighted by molar-refractivity contribution is 6.34. The monoisotopic (exact) mass is 456 g/mol. The van der Waals surface area contributed by atoms with Gasteiger partial charge in [0.25, 0.3) is 0 Å². The van der Waals surface area contributed by atoms with Gasteiger partial charge in [0, 0.05) is 10.9 Å². The van der Waals surface area contributed by atoms with Gasteiger partial charge in [0.1, 0.15) is 5.75 Å². The lowest BCUT2D eigenvalue weighted by Gasteiger charge is -2.37. The molecular formula is C22H26Cl2O6. The van der Waals surface area contributed by atoms with E-state index in [0.29, 0.717) is 22.9 Å².